The van der Waals surface area contributed by atoms with Gasteiger partial charge in [-0.25, -0.2) is 14.2 Å². The van der Waals surface area contributed by atoms with Gasteiger partial charge in [-0.05, 0) is 48.1 Å². The van der Waals surface area contributed by atoms with Crippen molar-refractivity contribution in [3.05, 3.63) is 59.2 Å². The van der Waals surface area contributed by atoms with Crippen molar-refractivity contribution in [1.29, 1.82) is 5.26 Å². The molecule has 1 saturated heterocycles. The Labute approximate surface area is 192 Å². The van der Waals surface area contributed by atoms with Crippen LogP contribution < -0.4 is 0 Å². The summed E-state index contributed by atoms with van der Waals surface area (Å²) in [6, 6.07) is 12.8. The molecule has 1 unspecified atom stereocenters. The molecule has 3 heterocycles. The van der Waals surface area contributed by atoms with Gasteiger partial charge in [-0.2, -0.15) is 5.26 Å². The molecule has 2 aromatic heterocycles. The Morgan fingerprint density at radius 1 is 1.31 bits per heavy atom. The van der Waals surface area contributed by atoms with Crippen molar-refractivity contribution in [2.45, 2.75) is 23.9 Å². The molecule has 6 nitrogen and oxygen atoms in total. The summed E-state index contributed by atoms with van der Waals surface area (Å²) in [7, 11) is 0. The lowest BCUT2D eigenvalue weighted by Gasteiger charge is -2.21. The second kappa shape index (κ2) is 9.51. The first-order valence-corrected chi connectivity index (χ1v) is 11.7. The van der Waals surface area contributed by atoms with E-state index in [1.54, 1.807) is 18.2 Å². The summed E-state index contributed by atoms with van der Waals surface area (Å²) in [4.78, 5) is 31.1. The van der Waals surface area contributed by atoms with E-state index in [4.69, 9.17) is 0 Å². The highest BCUT2D eigenvalue weighted by Crippen LogP contribution is 2.35. The Bertz CT molecular complexity index is 1190. The van der Waals surface area contributed by atoms with Gasteiger partial charge in [0, 0.05) is 12.1 Å². The molecule has 3 aromatic rings. The molecule has 9 heteroatoms. The number of amides is 1. The van der Waals surface area contributed by atoms with Crippen LogP contribution in [0, 0.1) is 17.1 Å². The lowest BCUT2D eigenvalue weighted by molar-refractivity contribution is -0.147. The van der Waals surface area contributed by atoms with Crippen molar-refractivity contribution >= 4 is 35.0 Å². The van der Waals surface area contributed by atoms with E-state index in [2.05, 4.69) is 11.1 Å². The molecule has 1 aliphatic heterocycles. The minimum Gasteiger partial charge on any atom is -0.480 e. The van der Waals surface area contributed by atoms with Gasteiger partial charge in [-0.15, -0.1) is 11.3 Å². The van der Waals surface area contributed by atoms with Gasteiger partial charge in [0.25, 0.3) is 0 Å². The maximum absolute atomic E-state index is 13.4. The van der Waals surface area contributed by atoms with Crippen molar-refractivity contribution in [3.63, 3.8) is 0 Å². The molecule has 162 valence electrons. The molecule has 1 fully saturated rings. The summed E-state index contributed by atoms with van der Waals surface area (Å²) in [6.45, 7) is 0.408. The maximum Gasteiger partial charge on any atom is 0.326 e. The van der Waals surface area contributed by atoms with E-state index in [0.29, 0.717) is 46.8 Å². The first kappa shape index (κ1) is 22.0. The number of likely N-dealkylation sites (tertiary alicyclic amines) is 1. The number of carbonyl (C=O) groups is 2. The Balaban J connectivity index is 1.69. The molecule has 1 amide bonds. The van der Waals surface area contributed by atoms with Crippen LogP contribution >= 0.6 is 23.1 Å². The maximum atomic E-state index is 13.4. The average Bonchev–Trinajstić information content (AvgIpc) is 3.50. The molecular formula is C23H18FN3O3S2. The number of benzene rings is 1. The number of hydrogen-bond acceptors (Lipinski definition) is 6. The monoisotopic (exact) mass is 467 g/mol. The summed E-state index contributed by atoms with van der Waals surface area (Å²) in [5.41, 5.74) is 2.22. The largest absolute Gasteiger partial charge is 0.480 e. The SMILES string of the molecule is N#Cc1c(-c2ccc(F)cc2)cc(-c2cccs2)nc1SCC(=O)N1CCCC1C(=O)O. The molecule has 0 radical (unpaired) electrons. The smallest absolute Gasteiger partial charge is 0.326 e. The molecule has 1 N–H and O–H groups in total. The van der Waals surface area contributed by atoms with Crippen molar-refractivity contribution in [1.82, 2.24) is 9.88 Å². The number of thioether (sulfide) groups is 1. The van der Waals surface area contributed by atoms with Crippen LogP contribution in [-0.4, -0.2) is 45.2 Å². The van der Waals surface area contributed by atoms with Crippen LogP contribution in [0.2, 0.25) is 0 Å². The number of pyridine rings is 1. The van der Waals surface area contributed by atoms with Crippen LogP contribution in [0.4, 0.5) is 4.39 Å². The molecule has 4 rings (SSSR count). The van der Waals surface area contributed by atoms with Crippen LogP contribution in [-0.2, 0) is 9.59 Å². The van der Waals surface area contributed by atoms with Crippen molar-refractivity contribution in [2.24, 2.45) is 0 Å². The number of carbonyl (C=O) groups excluding carboxylic acids is 1. The average molecular weight is 468 g/mol. The number of nitriles is 1. The fourth-order valence-corrected chi connectivity index (χ4v) is 5.25. The summed E-state index contributed by atoms with van der Waals surface area (Å²) >= 11 is 2.61. The molecule has 0 aliphatic carbocycles. The minimum absolute atomic E-state index is 0.0256. The van der Waals surface area contributed by atoms with Crippen molar-refractivity contribution in [3.8, 4) is 27.8 Å². The fourth-order valence-electron chi connectivity index (χ4n) is 3.68. The highest BCUT2D eigenvalue weighted by molar-refractivity contribution is 8.00. The zero-order chi connectivity index (χ0) is 22.7. The summed E-state index contributed by atoms with van der Waals surface area (Å²) in [5.74, 6) is -1.70. The standard InChI is InChI=1S/C23H18FN3O3S2/c24-15-7-5-14(6-8-15)16-11-18(20-4-2-10-31-20)26-22(17(16)12-25)32-13-21(28)27-9-1-3-19(27)23(29)30/h2,4-8,10-11,19H,1,3,9,13H2,(H,29,30). The zero-order valence-electron chi connectivity index (χ0n) is 16.8. The number of nitrogens with zero attached hydrogens (tertiary/aromatic N) is 3. The minimum atomic E-state index is -1.00. The second-order valence-electron chi connectivity index (χ2n) is 7.20. The van der Waals surface area contributed by atoms with Crippen molar-refractivity contribution in [2.75, 3.05) is 12.3 Å². The van der Waals surface area contributed by atoms with E-state index in [0.717, 1.165) is 16.6 Å². The molecule has 1 aliphatic rings. The van der Waals surface area contributed by atoms with Gasteiger partial charge in [0.1, 0.15) is 23.0 Å². The molecule has 1 aromatic carbocycles. The van der Waals surface area contributed by atoms with Crippen LogP contribution in [0.3, 0.4) is 0 Å². The second-order valence-corrected chi connectivity index (χ2v) is 9.12. The number of hydrogen-bond donors (Lipinski definition) is 1. The predicted octanol–water partition coefficient (Wildman–Crippen LogP) is 4.66. The van der Waals surface area contributed by atoms with Crippen LogP contribution in [0.25, 0.3) is 21.7 Å². The fraction of sp³-hybridized carbons (Fsp3) is 0.217. The van der Waals surface area contributed by atoms with E-state index in [1.165, 1.54) is 28.4 Å². The van der Waals surface area contributed by atoms with Gasteiger partial charge in [0.2, 0.25) is 5.91 Å². The van der Waals surface area contributed by atoms with Gasteiger partial charge >= 0.3 is 5.97 Å². The molecule has 32 heavy (non-hydrogen) atoms. The highest BCUT2D eigenvalue weighted by Gasteiger charge is 2.34. The summed E-state index contributed by atoms with van der Waals surface area (Å²) in [5, 5.41) is 21.5. The highest BCUT2D eigenvalue weighted by atomic mass is 32.2. The van der Waals surface area contributed by atoms with Gasteiger partial charge in [0.15, 0.2) is 0 Å². The third-order valence-electron chi connectivity index (χ3n) is 5.22. The zero-order valence-corrected chi connectivity index (χ0v) is 18.5. The lowest BCUT2D eigenvalue weighted by atomic mass is 10.0. The molecule has 0 spiro atoms. The predicted molar refractivity (Wildman–Crippen MR) is 121 cm³/mol. The Hall–Kier alpha value is -3.22. The third kappa shape index (κ3) is 4.52. The number of thiophene rings is 1. The summed E-state index contributed by atoms with van der Waals surface area (Å²) < 4.78 is 13.4. The van der Waals surface area contributed by atoms with Crippen LogP contribution in [0.15, 0.2) is 52.9 Å². The molecule has 1 atom stereocenters. The van der Waals surface area contributed by atoms with Crippen molar-refractivity contribution < 1.29 is 19.1 Å². The Morgan fingerprint density at radius 2 is 2.09 bits per heavy atom. The van der Waals surface area contributed by atoms with Gasteiger partial charge in [-0.3, -0.25) is 4.79 Å². The van der Waals surface area contributed by atoms with Crippen LogP contribution in [0.5, 0.6) is 0 Å². The van der Waals surface area contributed by atoms with E-state index in [9.17, 15) is 24.3 Å². The van der Waals surface area contributed by atoms with Crippen LogP contribution in [0.1, 0.15) is 18.4 Å². The van der Waals surface area contributed by atoms with Gasteiger partial charge < -0.3 is 10.0 Å². The number of rotatable bonds is 6. The number of carboxylic acid groups (broad SMARTS) is 1. The first-order chi connectivity index (χ1) is 15.5. The molecular weight excluding hydrogens is 449 g/mol. The topological polar surface area (TPSA) is 94.3 Å². The quantitative estimate of drug-likeness (QED) is 0.530. The van der Waals surface area contributed by atoms with E-state index < -0.39 is 12.0 Å². The number of aliphatic carboxylic acids is 1. The first-order valence-electron chi connectivity index (χ1n) is 9.88. The molecule has 0 bridgehead atoms. The Kier molecular flexibility index (Phi) is 6.53. The number of carboxylic acids is 1. The van der Waals surface area contributed by atoms with Gasteiger partial charge in [-0.1, -0.05) is 30.0 Å². The summed E-state index contributed by atoms with van der Waals surface area (Å²) in [6.07, 6.45) is 1.09. The van der Waals surface area contributed by atoms with E-state index >= 15 is 0 Å². The van der Waals surface area contributed by atoms with E-state index in [1.807, 2.05) is 17.5 Å². The normalized spacial score (nSPS) is 15.5. The number of halogens is 1. The Morgan fingerprint density at radius 3 is 2.75 bits per heavy atom. The van der Waals surface area contributed by atoms with Gasteiger partial charge in [0.05, 0.1) is 21.9 Å². The third-order valence-corrected chi connectivity index (χ3v) is 7.07. The molecule has 0 saturated carbocycles. The van der Waals surface area contributed by atoms with E-state index in [-0.39, 0.29) is 17.5 Å². The lowest BCUT2D eigenvalue weighted by Crippen LogP contribution is -2.41. The number of aromatic nitrogens is 1.